The number of nitrogens with two attached hydrogens (primary N) is 2. The minimum atomic E-state index is 0.354. The Kier molecular flexibility index (Phi) is 4.16. The third kappa shape index (κ3) is 3.25. The summed E-state index contributed by atoms with van der Waals surface area (Å²) in [5.41, 5.74) is 11.5. The molecule has 0 aromatic heterocycles. The third-order valence-electron chi connectivity index (χ3n) is 2.98. The van der Waals surface area contributed by atoms with E-state index in [4.69, 9.17) is 11.5 Å². The smallest absolute Gasteiger partial charge is 0.0171 e. The molecule has 2 atom stereocenters. The van der Waals surface area contributed by atoms with E-state index < -0.39 is 0 Å². The Morgan fingerprint density at radius 1 is 1.38 bits per heavy atom. The number of rotatable bonds is 3. The molecule has 1 heterocycles. The van der Waals surface area contributed by atoms with E-state index in [2.05, 4.69) is 18.7 Å². The first-order chi connectivity index (χ1) is 6.13. The van der Waals surface area contributed by atoms with Crippen LogP contribution >= 0.6 is 0 Å². The highest BCUT2D eigenvalue weighted by Gasteiger charge is 2.26. The van der Waals surface area contributed by atoms with E-state index in [0.717, 1.165) is 31.5 Å². The summed E-state index contributed by atoms with van der Waals surface area (Å²) in [4.78, 5) is 2.40. The maximum absolute atomic E-state index is 6.00. The van der Waals surface area contributed by atoms with Crippen LogP contribution in [0, 0.1) is 11.8 Å². The molecule has 1 rings (SSSR count). The van der Waals surface area contributed by atoms with Gasteiger partial charge >= 0.3 is 0 Å². The fraction of sp³-hybridized carbons (Fsp3) is 1.00. The van der Waals surface area contributed by atoms with Crippen molar-refractivity contribution < 1.29 is 0 Å². The zero-order valence-corrected chi connectivity index (χ0v) is 8.87. The molecule has 4 N–H and O–H groups in total. The summed E-state index contributed by atoms with van der Waals surface area (Å²) in [6.07, 6.45) is 1.18. The van der Waals surface area contributed by atoms with Gasteiger partial charge in [-0.1, -0.05) is 13.8 Å². The van der Waals surface area contributed by atoms with Gasteiger partial charge in [0, 0.05) is 32.2 Å². The first-order valence-electron chi connectivity index (χ1n) is 5.31. The highest BCUT2D eigenvalue weighted by Crippen LogP contribution is 2.22. The van der Waals surface area contributed by atoms with E-state index in [1.807, 2.05) is 0 Å². The largest absolute Gasteiger partial charge is 0.329 e. The summed E-state index contributed by atoms with van der Waals surface area (Å²) in [6, 6.07) is 0.354. The van der Waals surface area contributed by atoms with Crippen molar-refractivity contribution >= 4 is 0 Å². The van der Waals surface area contributed by atoms with Crippen molar-refractivity contribution in [3.63, 3.8) is 0 Å². The first-order valence-corrected chi connectivity index (χ1v) is 5.31. The lowest BCUT2D eigenvalue weighted by molar-refractivity contribution is 0.132. The number of likely N-dealkylation sites (tertiary alicyclic amines) is 1. The summed E-state index contributed by atoms with van der Waals surface area (Å²) in [5.74, 6) is 1.50. The second-order valence-corrected chi connectivity index (χ2v) is 4.55. The van der Waals surface area contributed by atoms with E-state index in [-0.39, 0.29) is 0 Å². The molecule has 0 aliphatic carbocycles. The standard InChI is InChI=1S/C10H23N3/c1-8(2)9-5-10(12)7-13(6-9)4-3-11/h8-10H,3-7,11-12H2,1-2H3. The van der Waals surface area contributed by atoms with Gasteiger partial charge in [0.2, 0.25) is 0 Å². The summed E-state index contributed by atoms with van der Waals surface area (Å²) < 4.78 is 0. The van der Waals surface area contributed by atoms with Crippen molar-refractivity contribution in [3.8, 4) is 0 Å². The highest BCUT2D eigenvalue weighted by molar-refractivity contribution is 4.82. The molecule has 13 heavy (non-hydrogen) atoms. The summed E-state index contributed by atoms with van der Waals surface area (Å²) in [5, 5.41) is 0. The molecule has 3 heteroatoms. The number of nitrogens with zero attached hydrogens (tertiary/aromatic N) is 1. The Balaban J connectivity index is 2.42. The number of hydrogen-bond donors (Lipinski definition) is 2. The Morgan fingerprint density at radius 2 is 2.08 bits per heavy atom. The zero-order valence-electron chi connectivity index (χ0n) is 8.87. The van der Waals surface area contributed by atoms with Crippen LogP contribution in [0.15, 0.2) is 0 Å². The van der Waals surface area contributed by atoms with Crippen LogP contribution in [-0.2, 0) is 0 Å². The molecule has 1 saturated heterocycles. The van der Waals surface area contributed by atoms with Crippen LogP contribution in [0.25, 0.3) is 0 Å². The average molecular weight is 185 g/mol. The number of hydrogen-bond acceptors (Lipinski definition) is 3. The van der Waals surface area contributed by atoms with Gasteiger partial charge in [-0.15, -0.1) is 0 Å². The topological polar surface area (TPSA) is 55.3 Å². The molecule has 0 radical (unpaired) electrons. The molecule has 0 amide bonds. The second-order valence-electron chi connectivity index (χ2n) is 4.55. The molecule has 78 valence electrons. The van der Waals surface area contributed by atoms with Gasteiger partial charge in [0.15, 0.2) is 0 Å². The average Bonchev–Trinajstić information content (AvgIpc) is 2.03. The fourth-order valence-corrected chi connectivity index (χ4v) is 2.12. The minimum absolute atomic E-state index is 0.354. The molecule has 3 nitrogen and oxygen atoms in total. The van der Waals surface area contributed by atoms with Crippen LogP contribution in [0.5, 0.6) is 0 Å². The number of piperidine rings is 1. The van der Waals surface area contributed by atoms with Gasteiger partial charge < -0.3 is 16.4 Å². The van der Waals surface area contributed by atoms with E-state index >= 15 is 0 Å². The minimum Gasteiger partial charge on any atom is -0.329 e. The SMILES string of the molecule is CC(C)C1CC(N)CN(CCN)C1. The van der Waals surface area contributed by atoms with Crippen molar-refractivity contribution in [1.82, 2.24) is 4.90 Å². The van der Waals surface area contributed by atoms with Crippen LogP contribution in [0.2, 0.25) is 0 Å². The predicted octanol–water partition coefficient (Wildman–Crippen LogP) is 0.250. The van der Waals surface area contributed by atoms with Gasteiger partial charge in [-0.2, -0.15) is 0 Å². The monoisotopic (exact) mass is 185 g/mol. The van der Waals surface area contributed by atoms with E-state index in [9.17, 15) is 0 Å². The molecule has 0 aromatic carbocycles. The molecular formula is C10H23N3. The maximum atomic E-state index is 6.00. The lowest BCUT2D eigenvalue weighted by Crippen LogP contribution is -2.49. The van der Waals surface area contributed by atoms with Crippen molar-refractivity contribution in [3.05, 3.63) is 0 Å². The highest BCUT2D eigenvalue weighted by atomic mass is 15.2. The van der Waals surface area contributed by atoms with E-state index in [0.29, 0.717) is 6.04 Å². The van der Waals surface area contributed by atoms with Gasteiger partial charge in [-0.05, 0) is 18.3 Å². The zero-order chi connectivity index (χ0) is 9.84. The normalized spacial score (nSPS) is 31.2. The molecular weight excluding hydrogens is 162 g/mol. The van der Waals surface area contributed by atoms with Crippen molar-refractivity contribution in [2.45, 2.75) is 26.3 Å². The summed E-state index contributed by atoms with van der Waals surface area (Å²) >= 11 is 0. The third-order valence-corrected chi connectivity index (χ3v) is 2.98. The van der Waals surface area contributed by atoms with Crippen molar-refractivity contribution in [2.24, 2.45) is 23.3 Å². The Morgan fingerprint density at radius 3 is 2.62 bits per heavy atom. The molecule has 0 bridgehead atoms. The quantitative estimate of drug-likeness (QED) is 0.663. The van der Waals surface area contributed by atoms with Crippen LogP contribution < -0.4 is 11.5 Å². The Bertz CT molecular complexity index is 147. The molecule has 0 aromatic rings. The van der Waals surface area contributed by atoms with Crippen LogP contribution in [0.3, 0.4) is 0 Å². The van der Waals surface area contributed by atoms with Crippen LogP contribution in [0.1, 0.15) is 20.3 Å². The van der Waals surface area contributed by atoms with Crippen molar-refractivity contribution in [2.75, 3.05) is 26.2 Å². The van der Waals surface area contributed by atoms with Gasteiger partial charge in [0.05, 0.1) is 0 Å². The Labute approximate surface area is 81.5 Å². The van der Waals surface area contributed by atoms with Crippen LogP contribution in [0.4, 0.5) is 0 Å². The summed E-state index contributed by atoms with van der Waals surface area (Å²) in [6.45, 7) is 8.52. The fourth-order valence-electron chi connectivity index (χ4n) is 2.12. The first kappa shape index (κ1) is 11.0. The van der Waals surface area contributed by atoms with Gasteiger partial charge in [-0.3, -0.25) is 0 Å². The predicted molar refractivity (Wildman–Crippen MR) is 56.4 cm³/mol. The molecule has 1 aliphatic heterocycles. The van der Waals surface area contributed by atoms with Crippen molar-refractivity contribution in [1.29, 1.82) is 0 Å². The Hall–Kier alpha value is -0.120. The lowest BCUT2D eigenvalue weighted by Gasteiger charge is -2.37. The van der Waals surface area contributed by atoms with E-state index in [1.165, 1.54) is 13.0 Å². The molecule has 1 fully saturated rings. The second kappa shape index (κ2) is 4.94. The summed E-state index contributed by atoms with van der Waals surface area (Å²) in [7, 11) is 0. The molecule has 1 aliphatic rings. The van der Waals surface area contributed by atoms with Gasteiger partial charge in [-0.25, -0.2) is 0 Å². The van der Waals surface area contributed by atoms with Gasteiger partial charge in [0.1, 0.15) is 0 Å². The van der Waals surface area contributed by atoms with Crippen LogP contribution in [-0.4, -0.2) is 37.1 Å². The molecule has 2 unspecified atom stereocenters. The van der Waals surface area contributed by atoms with E-state index in [1.54, 1.807) is 0 Å². The van der Waals surface area contributed by atoms with Gasteiger partial charge in [0.25, 0.3) is 0 Å². The lowest BCUT2D eigenvalue weighted by atomic mass is 9.86. The maximum Gasteiger partial charge on any atom is 0.0171 e. The molecule has 0 spiro atoms. The molecule has 0 saturated carbocycles.